The zero-order valence-corrected chi connectivity index (χ0v) is 18.1. The second-order valence-corrected chi connectivity index (χ2v) is 8.05. The van der Waals surface area contributed by atoms with Crippen LogP contribution in [0.5, 0.6) is 5.75 Å². The fourth-order valence-corrected chi connectivity index (χ4v) is 4.21. The molecule has 4 rings (SSSR count). The number of hydrogen-bond donors (Lipinski definition) is 2. The summed E-state index contributed by atoms with van der Waals surface area (Å²) in [7, 11) is 1.60. The van der Waals surface area contributed by atoms with Crippen molar-refractivity contribution in [1.29, 1.82) is 0 Å². The lowest BCUT2D eigenvalue weighted by Gasteiger charge is -2.20. The molecule has 0 aliphatic carbocycles. The van der Waals surface area contributed by atoms with Crippen molar-refractivity contribution in [2.24, 2.45) is 5.92 Å². The average molecular weight is 438 g/mol. The van der Waals surface area contributed by atoms with Crippen LogP contribution < -0.4 is 15.0 Å². The molecule has 3 aromatic rings. The first-order valence-corrected chi connectivity index (χ1v) is 10.6. The number of nitrogens with zero attached hydrogens (tertiary/aromatic N) is 4. The fraction of sp³-hybridized carbons (Fsp3) is 0.348. The molecule has 0 saturated carbocycles. The van der Waals surface area contributed by atoms with Gasteiger partial charge in [-0.25, -0.2) is 4.85 Å². The second kappa shape index (κ2) is 9.38. The van der Waals surface area contributed by atoms with E-state index >= 15 is 0 Å². The Labute approximate surface area is 186 Å². The minimum Gasteiger partial charge on any atom is -0.495 e. The van der Waals surface area contributed by atoms with Crippen LogP contribution in [-0.2, 0) is 6.42 Å². The number of aliphatic hydroxyl groups excluding tert-OH is 1. The number of hydrogen-bond acceptors (Lipinski definition) is 6. The molecule has 0 radical (unpaired) electrons. The van der Waals surface area contributed by atoms with E-state index in [-0.39, 0.29) is 12.5 Å². The lowest BCUT2D eigenvalue weighted by Crippen LogP contribution is -2.22. The van der Waals surface area contributed by atoms with Crippen molar-refractivity contribution in [1.82, 2.24) is 10.2 Å². The highest BCUT2D eigenvalue weighted by Gasteiger charge is 2.25. The van der Waals surface area contributed by atoms with Gasteiger partial charge in [-0.3, -0.25) is 0 Å². The monoisotopic (exact) mass is 437 g/mol. The standard InChI is InChI=1S/C23H24ClN5O2/c1-25-17-4-5-18-19(12-17)22(27-28-23(18)29-10-8-16(13-29)14-30)26-9-7-15-3-6-21(31-2)20(24)11-15/h3-6,11-12,16,30H,7-10,13-14H2,2H3,(H,26,27). The van der Waals surface area contributed by atoms with Crippen LogP contribution in [0.2, 0.25) is 5.02 Å². The average Bonchev–Trinajstić information content (AvgIpc) is 3.28. The first-order chi connectivity index (χ1) is 15.1. The largest absolute Gasteiger partial charge is 0.495 e. The zero-order valence-electron chi connectivity index (χ0n) is 17.3. The van der Waals surface area contributed by atoms with Crippen molar-refractivity contribution in [3.8, 4) is 5.75 Å². The van der Waals surface area contributed by atoms with Gasteiger partial charge in [0.2, 0.25) is 0 Å². The number of halogens is 1. The smallest absolute Gasteiger partial charge is 0.188 e. The SMILES string of the molecule is [C-]#[N+]c1ccc2c(N3CCC(CO)C3)nnc(NCCc3ccc(OC)c(Cl)c3)c2c1. The number of aliphatic hydroxyl groups is 1. The van der Waals surface area contributed by atoms with E-state index in [0.717, 1.165) is 48.1 Å². The molecule has 0 amide bonds. The molecule has 1 aliphatic rings. The maximum absolute atomic E-state index is 9.47. The van der Waals surface area contributed by atoms with Crippen LogP contribution in [0.15, 0.2) is 36.4 Å². The molecule has 1 saturated heterocycles. The van der Waals surface area contributed by atoms with E-state index in [1.165, 1.54) is 0 Å². The quantitative estimate of drug-likeness (QED) is 0.536. The van der Waals surface area contributed by atoms with Crippen molar-refractivity contribution >= 4 is 39.7 Å². The van der Waals surface area contributed by atoms with E-state index in [4.69, 9.17) is 22.9 Å². The Balaban J connectivity index is 1.57. The lowest BCUT2D eigenvalue weighted by molar-refractivity contribution is 0.238. The number of nitrogens with one attached hydrogen (secondary N) is 1. The fourth-order valence-electron chi connectivity index (χ4n) is 3.93. The first-order valence-electron chi connectivity index (χ1n) is 10.2. The van der Waals surface area contributed by atoms with Crippen molar-refractivity contribution in [3.05, 3.63) is 58.4 Å². The summed E-state index contributed by atoms with van der Waals surface area (Å²) in [5.74, 6) is 2.37. The van der Waals surface area contributed by atoms with Gasteiger partial charge in [0, 0.05) is 42.9 Å². The summed E-state index contributed by atoms with van der Waals surface area (Å²) >= 11 is 6.22. The van der Waals surface area contributed by atoms with E-state index in [1.807, 2.05) is 36.4 Å². The summed E-state index contributed by atoms with van der Waals surface area (Å²) in [6.45, 7) is 9.79. The number of methoxy groups -OCH3 is 1. The van der Waals surface area contributed by atoms with Gasteiger partial charge in [0.25, 0.3) is 0 Å². The van der Waals surface area contributed by atoms with Gasteiger partial charge < -0.3 is 20.1 Å². The summed E-state index contributed by atoms with van der Waals surface area (Å²) < 4.78 is 5.20. The van der Waals surface area contributed by atoms with E-state index in [2.05, 4.69) is 25.3 Å². The molecule has 2 N–H and O–H groups in total. The maximum atomic E-state index is 9.47. The number of benzene rings is 2. The highest BCUT2D eigenvalue weighted by atomic mass is 35.5. The van der Waals surface area contributed by atoms with Gasteiger partial charge in [0.05, 0.1) is 18.7 Å². The van der Waals surface area contributed by atoms with Gasteiger partial charge in [-0.15, -0.1) is 10.2 Å². The molecule has 8 heteroatoms. The third kappa shape index (κ3) is 4.50. The number of anilines is 2. The number of ether oxygens (including phenoxy) is 1. The van der Waals surface area contributed by atoms with Crippen LogP contribution in [0.3, 0.4) is 0 Å². The Morgan fingerprint density at radius 2 is 2.13 bits per heavy atom. The molecule has 2 heterocycles. The molecule has 31 heavy (non-hydrogen) atoms. The number of rotatable bonds is 7. The molecule has 1 aromatic heterocycles. The van der Waals surface area contributed by atoms with Crippen molar-refractivity contribution in [2.75, 3.05) is 43.6 Å². The van der Waals surface area contributed by atoms with Gasteiger partial charge in [0.15, 0.2) is 17.3 Å². The molecular weight excluding hydrogens is 414 g/mol. The Kier molecular flexibility index (Phi) is 6.40. The molecule has 160 valence electrons. The predicted octanol–water partition coefficient (Wildman–Crippen LogP) is 4.32. The van der Waals surface area contributed by atoms with Crippen LogP contribution >= 0.6 is 11.6 Å². The summed E-state index contributed by atoms with van der Waals surface area (Å²) in [4.78, 5) is 5.73. The molecule has 2 aromatic carbocycles. The summed E-state index contributed by atoms with van der Waals surface area (Å²) in [5, 5.41) is 24.2. The maximum Gasteiger partial charge on any atom is 0.188 e. The Morgan fingerprint density at radius 1 is 1.26 bits per heavy atom. The Bertz CT molecular complexity index is 1130. The van der Waals surface area contributed by atoms with Crippen molar-refractivity contribution in [3.63, 3.8) is 0 Å². The molecular formula is C23H24ClN5O2. The van der Waals surface area contributed by atoms with Crippen molar-refractivity contribution < 1.29 is 9.84 Å². The molecule has 7 nitrogen and oxygen atoms in total. The Hall–Kier alpha value is -3.08. The van der Waals surface area contributed by atoms with E-state index in [9.17, 15) is 5.11 Å². The highest BCUT2D eigenvalue weighted by Crippen LogP contribution is 2.34. The zero-order chi connectivity index (χ0) is 21.8. The third-order valence-electron chi connectivity index (χ3n) is 5.64. The van der Waals surface area contributed by atoms with Crippen molar-refractivity contribution in [2.45, 2.75) is 12.8 Å². The van der Waals surface area contributed by atoms with Gasteiger partial charge in [-0.1, -0.05) is 29.8 Å². The molecule has 0 spiro atoms. The van der Waals surface area contributed by atoms with E-state index in [1.54, 1.807) is 7.11 Å². The van der Waals surface area contributed by atoms with Crippen LogP contribution in [-0.4, -0.2) is 48.7 Å². The van der Waals surface area contributed by atoms with Crippen LogP contribution in [0.1, 0.15) is 12.0 Å². The highest BCUT2D eigenvalue weighted by molar-refractivity contribution is 6.32. The van der Waals surface area contributed by atoms with E-state index in [0.29, 0.717) is 28.8 Å². The molecule has 0 bridgehead atoms. The summed E-state index contributed by atoms with van der Waals surface area (Å²) in [5.41, 5.74) is 1.65. The lowest BCUT2D eigenvalue weighted by atomic mass is 10.1. The minimum absolute atomic E-state index is 0.179. The van der Waals surface area contributed by atoms with Crippen LogP contribution in [0.25, 0.3) is 15.6 Å². The van der Waals surface area contributed by atoms with Gasteiger partial charge in [-0.2, -0.15) is 0 Å². The van der Waals surface area contributed by atoms with E-state index < -0.39 is 0 Å². The normalized spacial score (nSPS) is 15.8. The summed E-state index contributed by atoms with van der Waals surface area (Å²) in [6.07, 6.45) is 1.69. The molecule has 1 aliphatic heterocycles. The second-order valence-electron chi connectivity index (χ2n) is 7.64. The molecule has 1 fully saturated rings. The van der Waals surface area contributed by atoms with Gasteiger partial charge in [0.1, 0.15) is 5.75 Å². The number of aromatic nitrogens is 2. The first kappa shape index (κ1) is 21.2. The number of fused-ring (bicyclic) bond motifs is 1. The molecule has 1 unspecified atom stereocenters. The topological polar surface area (TPSA) is 74.9 Å². The van der Waals surface area contributed by atoms with Crippen LogP contribution in [0.4, 0.5) is 17.3 Å². The minimum atomic E-state index is 0.179. The van der Waals surface area contributed by atoms with Gasteiger partial charge >= 0.3 is 0 Å². The third-order valence-corrected chi connectivity index (χ3v) is 5.93. The molecule has 1 atom stereocenters. The summed E-state index contributed by atoms with van der Waals surface area (Å²) in [6, 6.07) is 11.3. The van der Waals surface area contributed by atoms with Crippen LogP contribution in [0, 0.1) is 12.5 Å². The van der Waals surface area contributed by atoms with Gasteiger partial charge in [-0.05, 0) is 36.6 Å². The predicted molar refractivity (Wildman–Crippen MR) is 123 cm³/mol. The Morgan fingerprint density at radius 3 is 2.84 bits per heavy atom.